The zero-order valence-electron chi connectivity index (χ0n) is 23.1. The van der Waals surface area contributed by atoms with E-state index in [0.29, 0.717) is 45.4 Å². The molecule has 2 aliphatic rings. The van der Waals surface area contributed by atoms with Crippen LogP contribution in [0.2, 0.25) is 0 Å². The molecule has 8 nitrogen and oxygen atoms in total. The van der Waals surface area contributed by atoms with Crippen molar-refractivity contribution >= 4 is 11.8 Å². The second kappa shape index (κ2) is 14.0. The van der Waals surface area contributed by atoms with Crippen LogP contribution < -0.4 is 10.6 Å². The van der Waals surface area contributed by atoms with Crippen LogP contribution in [0.4, 0.5) is 0 Å². The monoisotopic (exact) mass is 536 g/mol. The summed E-state index contributed by atoms with van der Waals surface area (Å²) < 4.78 is -1.13. The summed E-state index contributed by atoms with van der Waals surface area (Å²) in [6, 6.07) is 18.7. The Morgan fingerprint density at radius 3 is 1.49 bits per heavy atom. The van der Waals surface area contributed by atoms with E-state index < -0.39 is 21.4 Å². The molecular formula is C31H44N4O4. The minimum atomic E-state index is -0.631. The van der Waals surface area contributed by atoms with Crippen molar-refractivity contribution in [2.45, 2.75) is 69.9 Å². The Bertz CT molecular complexity index is 970. The summed E-state index contributed by atoms with van der Waals surface area (Å²) in [5.41, 5.74) is 2.29. The highest BCUT2D eigenvalue weighted by Crippen LogP contribution is 2.29. The van der Waals surface area contributed by atoms with Gasteiger partial charge in [0, 0.05) is 32.4 Å². The number of quaternary nitrogens is 2. The first-order valence-electron chi connectivity index (χ1n) is 14.7. The average Bonchev–Trinajstić information content (AvgIpc) is 2.94. The molecule has 0 bridgehead atoms. The van der Waals surface area contributed by atoms with Crippen molar-refractivity contribution in [2.75, 3.05) is 39.3 Å². The van der Waals surface area contributed by atoms with Gasteiger partial charge in [-0.3, -0.25) is 9.59 Å². The average molecular weight is 537 g/mol. The van der Waals surface area contributed by atoms with Crippen molar-refractivity contribution in [1.82, 2.24) is 10.6 Å². The minimum Gasteiger partial charge on any atom is -0.632 e. The summed E-state index contributed by atoms with van der Waals surface area (Å²) in [6.45, 7) is 2.28. The standard InChI is InChI=1S/C31H44N4O4/c36-30(32-20-18-26-12-3-1-4-13-26)28-16-7-9-22-34(28,38)24-11-25-35(39)23-10-8-17-29(35)31(37)33-21-19-27-14-5-2-6-15-27/h1-6,12-15,28-29H,7-11,16-25H2,(H,32,36)(H,33,37)/t28-,29-,34+,35+/m0/s1. The van der Waals surface area contributed by atoms with E-state index in [1.807, 2.05) is 60.7 Å². The fourth-order valence-corrected chi connectivity index (χ4v) is 6.23. The van der Waals surface area contributed by atoms with Crippen LogP contribution in [0.3, 0.4) is 0 Å². The van der Waals surface area contributed by atoms with Gasteiger partial charge >= 0.3 is 0 Å². The highest BCUT2D eigenvalue weighted by Gasteiger charge is 2.40. The van der Waals surface area contributed by atoms with Gasteiger partial charge in [0.1, 0.15) is 0 Å². The van der Waals surface area contributed by atoms with Crippen LogP contribution >= 0.6 is 0 Å². The van der Waals surface area contributed by atoms with Gasteiger partial charge in [-0.2, -0.15) is 0 Å². The van der Waals surface area contributed by atoms with Gasteiger partial charge in [-0.25, -0.2) is 0 Å². The molecule has 2 amide bonds. The van der Waals surface area contributed by atoms with Crippen LogP contribution in [-0.4, -0.2) is 72.5 Å². The molecule has 2 N–H and O–H groups in total. The molecule has 8 heteroatoms. The molecule has 2 saturated heterocycles. The highest BCUT2D eigenvalue weighted by molar-refractivity contribution is 5.81. The molecule has 0 saturated carbocycles. The molecule has 0 spiro atoms. The second-order valence-corrected chi connectivity index (χ2v) is 11.2. The SMILES string of the molecule is O=C(NCCc1ccccc1)[C@@H]1CCCC[N@@+]1([O-])CCC[N@+]1([O-])CCCC[C@H]1C(=O)NCCc1ccccc1. The molecular weight excluding hydrogens is 492 g/mol. The van der Waals surface area contributed by atoms with Gasteiger partial charge in [0.25, 0.3) is 11.8 Å². The Labute approximate surface area is 232 Å². The molecule has 0 aromatic heterocycles. The lowest BCUT2D eigenvalue weighted by molar-refractivity contribution is -0.919. The van der Waals surface area contributed by atoms with Crippen molar-refractivity contribution in [3.05, 3.63) is 82.2 Å². The zero-order valence-corrected chi connectivity index (χ0v) is 23.1. The summed E-state index contributed by atoms with van der Waals surface area (Å²) in [4.78, 5) is 26.1. The summed E-state index contributed by atoms with van der Waals surface area (Å²) in [7, 11) is 0. The summed E-state index contributed by atoms with van der Waals surface area (Å²) >= 11 is 0. The number of amides is 2. The smallest absolute Gasteiger partial charge is 0.278 e. The molecule has 4 atom stereocenters. The Hall–Kier alpha value is -2.78. The van der Waals surface area contributed by atoms with Crippen molar-refractivity contribution in [3.8, 4) is 0 Å². The van der Waals surface area contributed by atoms with Gasteiger partial charge in [-0.05, 0) is 49.7 Å². The molecule has 2 heterocycles. The predicted octanol–water partition coefficient (Wildman–Crippen LogP) is 3.83. The third-order valence-corrected chi connectivity index (χ3v) is 8.45. The normalized spacial score (nSPS) is 27.0. The van der Waals surface area contributed by atoms with E-state index in [0.717, 1.165) is 49.7 Å². The van der Waals surface area contributed by atoms with E-state index >= 15 is 0 Å². The Morgan fingerprint density at radius 1 is 0.667 bits per heavy atom. The van der Waals surface area contributed by atoms with Crippen molar-refractivity contribution < 1.29 is 18.9 Å². The lowest BCUT2D eigenvalue weighted by Gasteiger charge is -2.53. The fourth-order valence-electron chi connectivity index (χ4n) is 6.23. The number of nitrogens with one attached hydrogen (secondary N) is 2. The first-order chi connectivity index (χ1) is 18.9. The fraction of sp³-hybridized carbons (Fsp3) is 0.548. The maximum atomic E-state index is 13.9. The van der Waals surface area contributed by atoms with Crippen LogP contribution in [0.1, 0.15) is 56.1 Å². The van der Waals surface area contributed by atoms with Crippen molar-refractivity contribution in [1.29, 1.82) is 0 Å². The number of piperidine rings is 2. The second-order valence-electron chi connectivity index (χ2n) is 11.2. The van der Waals surface area contributed by atoms with Crippen LogP contribution in [0.5, 0.6) is 0 Å². The van der Waals surface area contributed by atoms with E-state index in [1.165, 1.54) is 0 Å². The number of rotatable bonds is 12. The Kier molecular flexibility index (Phi) is 10.5. The topological polar surface area (TPSA) is 104 Å². The Balaban J connectivity index is 1.28. The van der Waals surface area contributed by atoms with E-state index in [2.05, 4.69) is 10.6 Å². The number of benzene rings is 2. The van der Waals surface area contributed by atoms with E-state index in [1.54, 1.807) is 0 Å². The summed E-state index contributed by atoms with van der Waals surface area (Å²) in [5, 5.41) is 33.7. The maximum Gasteiger partial charge on any atom is 0.278 e. The highest BCUT2D eigenvalue weighted by atomic mass is 16.6. The molecule has 212 valence electrons. The van der Waals surface area contributed by atoms with Gasteiger partial charge in [0.15, 0.2) is 12.1 Å². The third-order valence-electron chi connectivity index (χ3n) is 8.45. The first-order valence-corrected chi connectivity index (χ1v) is 14.7. The predicted molar refractivity (Wildman–Crippen MR) is 153 cm³/mol. The molecule has 0 radical (unpaired) electrons. The maximum absolute atomic E-state index is 13.9. The van der Waals surface area contributed by atoms with Gasteiger partial charge in [-0.15, -0.1) is 0 Å². The van der Waals surface area contributed by atoms with E-state index in [9.17, 15) is 20.0 Å². The number of nitrogens with zero attached hydrogens (tertiary/aromatic N) is 2. The van der Waals surface area contributed by atoms with Gasteiger partial charge in [0.2, 0.25) is 0 Å². The zero-order chi connectivity index (χ0) is 27.6. The summed E-state index contributed by atoms with van der Waals surface area (Å²) in [5.74, 6) is -0.361. The van der Waals surface area contributed by atoms with Crippen LogP contribution in [0, 0.1) is 10.4 Å². The van der Waals surface area contributed by atoms with Gasteiger partial charge in [0.05, 0.1) is 26.2 Å². The minimum absolute atomic E-state index is 0.180. The lowest BCUT2D eigenvalue weighted by atomic mass is 9.98. The lowest BCUT2D eigenvalue weighted by Crippen LogP contribution is -2.62. The van der Waals surface area contributed by atoms with Crippen molar-refractivity contribution in [3.63, 3.8) is 0 Å². The van der Waals surface area contributed by atoms with E-state index in [4.69, 9.17) is 0 Å². The largest absolute Gasteiger partial charge is 0.632 e. The van der Waals surface area contributed by atoms with Crippen LogP contribution in [0.25, 0.3) is 0 Å². The van der Waals surface area contributed by atoms with Gasteiger partial charge in [-0.1, -0.05) is 60.7 Å². The molecule has 2 aromatic rings. The quantitative estimate of drug-likeness (QED) is 0.318. The molecule has 4 rings (SSSR count). The number of likely N-dealkylation sites (tertiary alicyclic amines) is 2. The number of hydroxylamine groups is 6. The third kappa shape index (κ3) is 8.11. The number of hydrogen-bond donors (Lipinski definition) is 2. The molecule has 0 unspecified atom stereocenters. The first kappa shape index (κ1) is 29.2. The molecule has 0 aliphatic carbocycles. The van der Waals surface area contributed by atoms with Gasteiger partial charge < -0.3 is 30.3 Å². The number of carbonyl (C=O) groups is 2. The molecule has 39 heavy (non-hydrogen) atoms. The number of hydrogen-bond acceptors (Lipinski definition) is 4. The molecule has 2 aliphatic heterocycles. The summed E-state index contributed by atoms with van der Waals surface area (Å²) in [6.07, 6.45) is 6.33. The van der Waals surface area contributed by atoms with E-state index in [-0.39, 0.29) is 24.9 Å². The van der Waals surface area contributed by atoms with Crippen LogP contribution in [0.15, 0.2) is 60.7 Å². The Morgan fingerprint density at radius 2 is 1.08 bits per heavy atom. The number of carbonyl (C=O) groups excluding carboxylic acids is 2. The van der Waals surface area contributed by atoms with Crippen molar-refractivity contribution in [2.24, 2.45) is 0 Å². The molecule has 2 fully saturated rings. The molecule has 2 aromatic carbocycles. The van der Waals surface area contributed by atoms with Crippen LogP contribution in [-0.2, 0) is 22.4 Å².